The van der Waals surface area contributed by atoms with Gasteiger partial charge >= 0.3 is 0 Å². The van der Waals surface area contributed by atoms with E-state index in [0.29, 0.717) is 25.3 Å². The summed E-state index contributed by atoms with van der Waals surface area (Å²) in [6, 6.07) is 10.7. The maximum absolute atomic E-state index is 12.6. The fourth-order valence-electron chi connectivity index (χ4n) is 3.42. The molecule has 0 saturated carbocycles. The van der Waals surface area contributed by atoms with E-state index in [1.165, 1.54) is 13.0 Å². The number of benzene rings is 1. The van der Waals surface area contributed by atoms with E-state index in [9.17, 15) is 14.4 Å². The molecule has 0 unspecified atom stereocenters. The predicted octanol–water partition coefficient (Wildman–Crippen LogP) is 2.26. The minimum atomic E-state index is -0.120. The molecule has 1 fully saturated rings. The Hall–Kier alpha value is -3.09. The van der Waals surface area contributed by atoms with Crippen molar-refractivity contribution in [3.05, 3.63) is 58.0 Å². The largest absolute Gasteiger partial charge is 0.490 e. The molecule has 1 N–H and O–H groups in total. The lowest BCUT2D eigenvalue weighted by molar-refractivity contribution is -0.132. The van der Waals surface area contributed by atoms with Crippen LogP contribution in [0.15, 0.2) is 41.2 Å². The van der Waals surface area contributed by atoms with Crippen molar-refractivity contribution in [2.45, 2.75) is 39.2 Å². The van der Waals surface area contributed by atoms with Crippen molar-refractivity contribution in [1.82, 2.24) is 9.47 Å². The molecule has 2 heterocycles. The number of aromatic nitrogens is 1. The fourth-order valence-corrected chi connectivity index (χ4v) is 3.42. The average Bonchev–Trinajstić information content (AvgIpc) is 2.67. The van der Waals surface area contributed by atoms with Crippen molar-refractivity contribution in [3.63, 3.8) is 0 Å². The van der Waals surface area contributed by atoms with Crippen LogP contribution in [0.2, 0.25) is 0 Å². The molecule has 0 atom stereocenters. The number of aryl methyl sites for hydroxylation is 1. The van der Waals surface area contributed by atoms with Gasteiger partial charge in [0.15, 0.2) is 0 Å². The van der Waals surface area contributed by atoms with Crippen LogP contribution in [0.25, 0.3) is 0 Å². The third kappa shape index (κ3) is 5.47. The van der Waals surface area contributed by atoms with Gasteiger partial charge in [0.2, 0.25) is 11.8 Å². The summed E-state index contributed by atoms with van der Waals surface area (Å²) in [6.07, 6.45) is 1.81. The molecule has 2 amide bonds. The molecule has 7 heteroatoms. The van der Waals surface area contributed by atoms with Gasteiger partial charge in [-0.2, -0.15) is 0 Å². The Morgan fingerprint density at radius 2 is 1.79 bits per heavy atom. The van der Waals surface area contributed by atoms with E-state index in [1.54, 1.807) is 23.7 Å². The van der Waals surface area contributed by atoms with E-state index < -0.39 is 0 Å². The molecule has 1 aromatic heterocycles. The second-order valence-electron chi connectivity index (χ2n) is 7.48. The Morgan fingerprint density at radius 3 is 2.38 bits per heavy atom. The number of likely N-dealkylation sites (tertiary alicyclic amines) is 1. The topological polar surface area (TPSA) is 80.6 Å². The van der Waals surface area contributed by atoms with Gasteiger partial charge in [-0.15, -0.1) is 0 Å². The van der Waals surface area contributed by atoms with Crippen molar-refractivity contribution >= 4 is 17.5 Å². The number of pyridine rings is 1. The number of nitrogens with one attached hydrogen (secondary N) is 1. The van der Waals surface area contributed by atoms with Gasteiger partial charge in [-0.25, -0.2) is 0 Å². The van der Waals surface area contributed by atoms with Crippen LogP contribution in [0.3, 0.4) is 0 Å². The van der Waals surface area contributed by atoms with Crippen LogP contribution in [0.4, 0.5) is 5.69 Å². The van der Waals surface area contributed by atoms with Crippen LogP contribution in [0.1, 0.15) is 31.0 Å². The summed E-state index contributed by atoms with van der Waals surface area (Å²) in [5, 5.41) is 2.71. The van der Waals surface area contributed by atoms with Crippen molar-refractivity contribution < 1.29 is 14.3 Å². The van der Waals surface area contributed by atoms with Gasteiger partial charge in [0, 0.05) is 57.4 Å². The molecule has 7 nitrogen and oxygen atoms in total. The minimum absolute atomic E-state index is 0.00231. The minimum Gasteiger partial charge on any atom is -0.490 e. The van der Waals surface area contributed by atoms with Gasteiger partial charge in [0.25, 0.3) is 5.56 Å². The summed E-state index contributed by atoms with van der Waals surface area (Å²) < 4.78 is 7.56. The predicted molar refractivity (Wildman–Crippen MR) is 111 cm³/mol. The zero-order chi connectivity index (χ0) is 21.0. The van der Waals surface area contributed by atoms with Crippen LogP contribution < -0.4 is 15.6 Å². The number of hydrogen-bond acceptors (Lipinski definition) is 4. The highest BCUT2D eigenvalue weighted by molar-refractivity contribution is 5.88. The molecule has 0 bridgehead atoms. The first-order chi connectivity index (χ1) is 13.8. The van der Waals surface area contributed by atoms with Crippen molar-refractivity contribution in [2.75, 3.05) is 18.4 Å². The number of ether oxygens (including phenoxy) is 1. The molecular formula is C22H27N3O4. The summed E-state index contributed by atoms with van der Waals surface area (Å²) >= 11 is 0. The number of amides is 2. The molecule has 1 aliphatic heterocycles. The second kappa shape index (κ2) is 8.94. The third-order valence-corrected chi connectivity index (χ3v) is 5.20. The highest BCUT2D eigenvalue weighted by Crippen LogP contribution is 2.20. The summed E-state index contributed by atoms with van der Waals surface area (Å²) in [7, 11) is 1.74. The first-order valence-corrected chi connectivity index (χ1v) is 9.80. The van der Waals surface area contributed by atoms with Crippen LogP contribution in [-0.4, -0.2) is 40.5 Å². The fraction of sp³-hybridized carbons (Fsp3) is 0.409. The summed E-state index contributed by atoms with van der Waals surface area (Å²) in [5.41, 5.74) is 2.40. The Labute approximate surface area is 170 Å². The Bertz CT molecular complexity index is 942. The molecule has 1 aliphatic rings. The van der Waals surface area contributed by atoms with E-state index in [0.717, 1.165) is 29.8 Å². The lowest BCUT2D eigenvalue weighted by Crippen LogP contribution is -2.42. The quantitative estimate of drug-likeness (QED) is 0.839. The first-order valence-electron chi connectivity index (χ1n) is 9.80. The third-order valence-electron chi connectivity index (χ3n) is 5.20. The van der Waals surface area contributed by atoms with E-state index in [1.807, 2.05) is 30.0 Å². The highest BCUT2D eigenvalue weighted by Gasteiger charge is 2.24. The normalized spacial score (nSPS) is 14.5. The summed E-state index contributed by atoms with van der Waals surface area (Å²) in [4.78, 5) is 37.4. The van der Waals surface area contributed by atoms with Crippen LogP contribution in [0.5, 0.6) is 5.75 Å². The molecule has 1 aromatic carbocycles. The lowest BCUT2D eigenvalue weighted by Gasteiger charge is -2.32. The van der Waals surface area contributed by atoms with Crippen LogP contribution in [0, 0.1) is 6.92 Å². The molecule has 154 valence electrons. The number of rotatable bonds is 5. The maximum atomic E-state index is 12.6. The molecule has 0 radical (unpaired) electrons. The van der Waals surface area contributed by atoms with Crippen LogP contribution in [-0.2, 0) is 23.1 Å². The highest BCUT2D eigenvalue weighted by atomic mass is 16.5. The number of piperidine rings is 1. The monoisotopic (exact) mass is 397 g/mol. The average molecular weight is 397 g/mol. The number of nitrogens with zero attached hydrogens (tertiary/aromatic N) is 2. The van der Waals surface area contributed by atoms with Crippen molar-refractivity contribution in [1.29, 1.82) is 0 Å². The molecule has 0 spiro atoms. The molecule has 1 saturated heterocycles. The summed E-state index contributed by atoms with van der Waals surface area (Å²) in [5.74, 6) is 0.555. The molecule has 3 rings (SSSR count). The molecular weight excluding hydrogens is 370 g/mol. The SMILES string of the molecule is CC(=O)Nc1ccc(CC(=O)N2CCC(Oc3cc(C)n(C)c(=O)c3)CC2)cc1. The van der Waals surface area contributed by atoms with Gasteiger partial charge in [0.1, 0.15) is 11.9 Å². The second-order valence-corrected chi connectivity index (χ2v) is 7.48. The number of anilines is 1. The molecule has 0 aliphatic carbocycles. The smallest absolute Gasteiger partial charge is 0.254 e. The number of carbonyl (C=O) groups excluding carboxylic acids is 2. The number of carbonyl (C=O) groups is 2. The molecule has 29 heavy (non-hydrogen) atoms. The van der Waals surface area contributed by atoms with E-state index in [-0.39, 0.29) is 23.5 Å². The Morgan fingerprint density at radius 1 is 1.14 bits per heavy atom. The molecule has 2 aromatic rings. The number of hydrogen-bond donors (Lipinski definition) is 1. The van der Waals surface area contributed by atoms with E-state index in [4.69, 9.17) is 4.74 Å². The van der Waals surface area contributed by atoms with Crippen molar-refractivity contribution in [3.8, 4) is 5.75 Å². The standard InChI is InChI=1S/C22H27N3O4/c1-15-12-20(14-21(27)24(15)3)29-19-8-10-25(11-9-19)22(28)13-17-4-6-18(7-5-17)23-16(2)26/h4-7,12,14,19H,8-11,13H2,1-3H3,(H,23,26). The zero-order valence-electron chi connectivity index (χ0n) is 17.1. The van der Waals surface area contributed by atoms with Gasteiger partial charge < -0.3 is 19.5 Å². The lowest BCUT2D eigenvalue weighted by atomic mass is 10.1. The van der Waals surface area contributed by atoms with Crippen molar-refractivity contribution in [2.24, 2.45) is 7.05 Å². The van der Waals surface area contributed by atoms with Gasteiger partial charge in [-0.05, 0) is 30.7 Å². The maximum Gasteiger partial charge on any atom is 0.254 e. The summed E-state index contributed by atoms with van der Waals surface area (Å²) in [6.45, 7) is 4.61. The van der Waals surface area contributed by atoms with Gasteiger partial charge in [-0.1, -0.05) is 12.1 Å². The zero-order valence-corrected chi connectivity index (χ0v) is 17.1. The Balaban J connectivity index is 1.50. The Kier molecular flexibility index (Phi) is 6.36. The van der Waals surface area contributed by atoms with E-state index >= 15 is 0 Å². The first kappa shape index (κ1) is 20.6. The van der Waals surface area contributed by atoms with Crippen LogP contribution >= 0.6 is 0 Å². The van der Waals surface area contributed by atoms with E-state index in [2.05, 4.69) is 5.32 Å². The van der Waals surface area contributed by atoms with Gasteiger partial charge in [0.05, 0.1) is 6.42 Å². The van der Waals surface area contributed by atoms with Gasteiger partial charge in [-0.3, -0.25) is 14.4 Å².